The average molecular weight is 481 g/mol. The van der Waals surface area contributed by atoms with E-state index in [-0.39, 0.29) is 6.04 Å². The molecular weight excluding hydrogens is 465 g/mol. The third-order valence-corrected chi connectivity index (χ3v) is 6.08. The molecule has 0 aliphatic carbocycles. The number of nitrogens with zero attached hydrogens (tertiary/aromatic N) is 2. The lowest BCUT2D eigenvalue weighted by Crippen LogP contribution is -2.44. The molecule has 2 heterocycles. The van der Waals surface area contributed by atoms with Crippen LogP contribution in [0.5, 0.6) is 0 Å². The third kappa shape index (κ3) is 3.87. The van der Waals surface area contributed by atoms with Gasteiger partial charge in [0.25, 0.3) is 0 Å². The highest BCUT2D eigenvalue weighted by Gasteiger charge is 2.32. The van der Waals surface area contributed by atoms with Crippen molar-refractivity contribution < 1.29 is 0 Å². The predicted octanol–water partition coefficient (Wildman–Crippen LogP) is 6.36. The Labute approximate surface area is 182 Å². The van der Waals surface area contributed by atoms with Crippen LogP contribution in [0.2, 0.25) is 10.0 Å². The van der Waals surface area contributed by atoms with Crippen LogP contribution in [0.15, 0.2) is 65.3 Å². The zero-order valence-electron chi connectivity index (χ0n) is 14.2. The Kier molecular flexibility index (Phi) is 5.46. The molecule has 4 rings (SSSR count). The van der Waals surface area contributed by atoms with Gasteiger partial charge in [0.05, 0.1) is 6.04 Å². The molecule has 0 saturated carbocycles. The SMILES string of the molecule is S=C(Nc1ccc(Br)cc1)N1CCn2cccc2[C@H]1c1ccc(Cl)cc1Cl. The third-order valence-electron chi connectivity index (χ3n) is 4.65. The van der Waals surface area contributed by atoms with Crippen LogP contribution >= 0.6 is 51.3 Å². The van der Waals surface area contributed by atoms with E-state index < -0.39 is 0 Å². The average Bonchev–Trinajstić information content (AvgIpc) is 3.12. The van der Waals surface area contributed by atoms with Crippen LogP contribution in [0.25, 0.3) is 0 Å². The molecule has 1 atom stereocenters. The van der Waals surface area contributed by atoms with E-state index in [4.69, 9.17) is 35.4 Å². The molecule has 7 heteroatoms. The number of halogens is 3. The molecule has 3 nitrogen and oxygen atoms in total. The van der Waals surface area contributed by atoms with E-state index in [1.165, 1.54) is 0 Å². The number of hydrogen-bond donors (Lipinski definition) is 1. The molecule has 1 aliphatic rings. The molecule has 1 N–H and O–H groups in total. The lowest BCUT2D eigenvalue weighted by atomic mass is 10.00. The van der Waals surface area contributed by atoms with Gasteiger partial charge < -0.3 is 14.8 Å². The van der Waals surface area contributed by atoms with E-state index in [0.717, 1.165) is 34.5 Å². The first-order valence-corrected chi connectivity index (χ1v) is 10.4. The molecule has 0 unspecified atom stereocenters. The van der Waals surface area contributed by atoms with E-state index in [1.807, 2.05) is 36.4 Å². The molecular formula is C20H16BrCl2N3S. The topological polar surface area (TPSA) is 20.2 Å². The van der Waals surface area contributed by atoms with Crippen molar-refractivity contribution >= 4 is 62.1 Å². The number of anilines is 1. The number of thiocarbonyl (C=S) groups is 1. The van der Waals surface area contributed by atoms with Crippen molar-refractivity contribution in [2.45, 2.75) is 12.6 Å². The van der Waals surface area contributed by atoms with Crippen LogP contribution in [0.1, 0.15) is 17.3 Å². The summed E-state index contributed by atoms with van der Waals surface area (Å²) >= 11 is 21.9. The minimum Gasteiger partial charge on any atom is -0.348 e. The lowest BCUT2D eigenvalue weighted by Gasteiger charge is -2.39. The highest BCUT2D eigenvalue weighted by Crippen LogP contribution is 2.37. The van der Waals surface area contributed by atoms with Crippen LogP contribution in [-0.4, -0.2) is 21.1 Å². The second-order valence-electron chi connectivity index (χ2n) is 6.33. The van der Waals surface area contributed by atoms with Crippen LogP contribution in [0.4, 0.5) is 5.69 Å². The molecule has 0 saturated heterocycles. The first-order valence-electron chi connectivity index (χ1n) is 8.46. The Balaban J connectivity index is 1.70. The fraction of sp³-hybridized carbons (Fsp3) is 0.150. The van der Waals surface area contributed by atoms with Gasteiger partial charge in [-0.1, -0.05) is 45.2 Å². The molecule has 0 amide bonds. The molecule has 0 bridgehead atoms. The Morgan fingerprint density at radius 1 is 1.07 bits per heavy atom. The van der Waals surface area contributed by atoms with Crippen molar-refractivity contribution in [1.29, 1.82) is 0 Å². The van der Waals surface area contributed by atoms with Gasteiger partial charge in [-0.25, -0.2) is 0 Å². The van der Waals surface area contributed by atoms with Gasteiger partial charge in [0.1, 0.15) is 0 Å². The first kappa shape index (κ1) is 18.8. The van der Waals surface area contributed by atoms with Gasteiger partial charge in [-0.05, 0) is 66.3 Å². The van der Waals surface area contributed by atoms with Crippen molar-refractivity contribution in [3.05, 3.63) is 86.6 Å². The fourth-order valence-electron chi connectivity index (χ4n) is 3.38. The molecule has 1 aliphatic heterocycles. The molecule has 3 aromatic rings. The highest BCUT2D eigenvalue weighted by molar-refractivity contribution is 9.10. The van der Waals surface area contributed by atoms with Crippen molar-refractivity contribution in [1.82, 2.24) is 9.47 Å². The molecule has 0 spiro atoms. The van der Waals surface area contributed by atoms with Crippen molar-refractivity contribution in [3.63, 3.8) is 0 Å². The monoisotopic (exact) mass is 479 g/mol. The molecule has 2 aromatic carbocycles. The van der Waals surface area contributed by atoms with Gasteiger partial charge in [0.15, 0.2) is 5.11 Å². The molecule has 138 valence electrons. The number of aromatic nitrogens is 1. The van der Waals surface area contributed by atoms with Crippen LogP contribution in [0.3, 0.4) is 0 Å². The zero-order chi connectivity index (χ0) is 19.0. The first-order chi connectivity index (χ1) is 13.0. The Morgan fingerprint density at radius 3 is 2.59 bits per heavy atom. The quantitative estimate of drug-likeness (QED) is 0.431. The second kappa shape index (κ2) is 7.84. The summed E-state index contributed by atoms with van der Waals surface area (Å²) in [6.45, 7) is 1.65. The number of benzene rings is 2. The lowest BCUT2D eigenvalue weighted by molar-refractivity contribution is 0.293. The highest BCUT2D eigenvalue weighted by atomic mass is 79.9. The molecule has 0 fully saturated rings. The van der Waals surface area contributed by atoms with Crippen molar-refractivity contribution in [2.75, 3.05) is 11.9 Å². The Bertz CT molecular complexity index is 987. The zero-order valence-corrected chi connectivity index (χ0v) is 18.1. The summed E-state index contributed by atoms with van der Waals surface area (Å²) in [4.78, 5) is 2.18. The van der Waals surface area contributed by atoms with Gasteiger partial charge in [-0.3, -0.25) is 0 Å². The molecule has 27 heavy (non-hydrogen) atoms. The van der Waals surface area contributed by atoms with Crippen molar-refractivity contribution in [3.8, 4) is 0 Å². The predicted molar refractivity (Wildman–Crippen MR) is 120 cm³/mol. The van der Waals surface area contributed by atoms with E-state index in [1.54, 1.807) is 6.07 Å². The van der Waals surface area contributed by atoms with Gasteiger partial charge in [0.2, 0.25) is 0 Å². The fourth-order valence-corrected chi connectivity index (χ4v) is 4.47. The van der Waals surface area contributed by atoms with Crippen LogP contribution < -0.4 is 5.32 Å². The summed E-state index contributed by atoms with van der Waals surface area (Å²) in [7, 11) is 0. The maximum Gasteiger partial charge on any atom is 0.174 e. The smallest absolute Gasteiger partial charge is 0.174 e. The second-order valence-corrected chi connectivity index (χ2v) is 8.47. The summed E-state index contributed by atoms with van der Waals surface area (Å²) in [5, 5.41) is 5.28. The van der Waals surface area contributed by atoms with E-state index in [9.17, 15) is 0 Å². The summed E-state index contributed by atoms with van der Waals surface area (Å²) in [6, 6.07) is 17.7. The van der Waals surface area contributed by atoms with Crippen LogP contribution in [-0.2, 0) is 6.54 Å². The summed E-state index contributed by atoms with van der Waals surface area (Å²) in [6.07, 6.45) is 2.09. The molecule has 1 aromatic heterocycles. The normalized spacial score (nSPS) is 16.1. The summed E-state index contributed by atoms with van der Waals surface area (Å²) in [5.41, 5.74) is 3.09. The van der Waals surface area contributed by atoms with E-state index in [0.29, 0.717) is 15.2 Å². The van der Waals surface area contributed by atoms with Gasteiger partial charge in [0, 0.05) is 45.2 Å². The number of fused-ring (bicyclic) bond motifs is 1. The van der Waals surface area contributed by atoms with Crippen molar-refractivity contribution in [2.24, 2.45) is 0 Å². The van der Waals surface area contributed by atoms with Gasteiger partial charge in [-0.2, -0.15) is 0 Å². The number of nitrogens with one attached hydrogen (secondary N) is 1. The van der Waals surface area contributed by atoms with E-state index in [2.05, 4.69) is 49.0 Å². The minimum atomic E-state index is -0.0750. The summed E-state index contributed by atoms with van der Waals surface area (Å²) < 4.78 is 3.27. The molecule has 0 radical (unpaired) electrons. The maximum absolute atomic E-state index is 6.55. The van der Waals surface area contributed by atoms with Gasteiger partial charge >= 0.3 is 0 Å². The van der Waals surface area contributed by atoms with E-state index >= 15 is 0 Å². The summed E-state index contributed by atoms with van der Waals surface area (Å²) in [5.74, 6) is 0. The number of hydrogen-bond acceptors (Lipinski definition) is 1. The largest absolute Gasteiger partial charge is 0.348 e. The Morgan fingerprint density at radius 2 is 1.85 bits per heavy atom. The Hall–Kier alpha value is -1.53. The minimum absolute atomic E-state index is 0.0750. The maximum atomic E-state index is 6.55. The number of rotatable bonds is 2. The standard InChI is InChI=1S/C20H16BrCl2N3S/c21-13-3-6-15(7-4-13)24-20(27)26-11-10-25-9-1-2-18(25)19(26)16-8-5-14(22)12-17(16)23/h1-9,12,19H,10-11H2,(H,24,27)/t19-/m1/s1. The van der Waals surface area contributed by atoms with Gasteiger partial charge in [-0.15, -0.1) is 0 Å². The van der Waals surface area contributed by atoms with Crippen LogP contribution in [0, 0.1) is 0 Å².